The number of nitrogens with one attached hydrogen (secondary N) is 1. The predicted octanol–water partition coefficient (Wildman–Crippen LogP) is 2.40. The van der Waals surface area contributed by atoms with Gasteiger partial charge in [-0.3, -0.25) is 4.68 Å². The zero-order valence-electron chi connectivity index (χ0n) is 9.85. The molecule has 0 aliphatic rings. The Labute approximate surface area is 117 Å². The van der Waals surface area contributed by atoms with Gasteiger partial charge in [0.05, 0.1) is 18.3 Å². The molecule has 1 aromatic carbocycles. The van der Waals surface area contributed by atoms with Gasteiger partial charge in [-0.15, -0.1) is 0 Å². The Morgan fingerprint density at radius 2 is 2.21 bits per heavy atom. The first-order valence-electron chi connectivity index (χ1n) is 5.60. The van der Waals surface area contributed by atoms with Gasteiger partial charge in [0.1, 0.15) is 11.6 Å². The fraction of sp³-hybridized carbons (Fsp3) is 0.250. The zero-order chi connectivity index (χ0) is 13.8. The van der Waals surface area contributed by atoms with Gasteiger partial charge in [-0.2, -0.15) is 5.10 Å². The van der Waals surface area contributed by atoms with Crippen molar-refractivity contribution in [3.05, 3.63) is 46.7 Å². The van der Waals surface area contributed by atoms with Crippen LogP contribution in [0.3, 0.4) is 0 Å². The molecule has 102 valence electrons. The average molecular weight is 332 g/mol. The smallest absolute Gasteiger partial charge is 0.150 e. The minimum atomic E-state index is -0.740. The number of anilines is 1. The quantitative estimate of drug-likeness (QED) is 0.884. The van der Waals surface area contributed by atoms with E-state index in [1.54, 1.807) is 23.1 Å². The molecule has 0 radical (unpaired) electrons. The molecule has 4 nitrogen and oxygen atoms in total. The molecular weight excluding hydrogens is 320 g/mol. The summed E-state index contributed by atoms with van der Waals surface area (Å²) in [6.45, 7) is 0.418. The lowest BCUT2D eigenvalue weighted by Gasteiger charge is -2.14. The first-order valence-corrected chi connectivity index (χ1v) is 6.39. The molecule has 1 aromatic heterocycles. The molecule has 1 atom stereocenters. The van der Waals surface area contributed by atoms with Crippen molar-refractivity contribution in [3.63, 3.8) is 0 Å². The number of rotatable bonds is 5. The number of hydrogen-bond acceptors (Lipinski definition) is 3. The van der Waals surface area contributed by atoms with Crippen LogP contribution < -0.4 is 5.32 Å². The molecule has 7 heteroatoms. The topological polar surface area (TPSA) is 50.1 Å². The molecule has 0 saturated heterocycles. The molecule has 0 aliphatic heterocycles. The number of halogens is 3. The van der Waals surface area contributed by atoms with Crippen molar-refractivity contribution in [1.82, 2.24) is 9.78 Å². The summed E-state index contributed by atoms with van der Waals surface area (Å²) >= 11 is 3.07. The van der Waals surface area contributed by atoms with Gasteiger partial charge in [0.25, 0.3) is 0 Å². The lowest BCUT2D eigenvalue weighted by Crippen LogP contribution is -2.25. The van der Waals surface area contributed by atoms with Crippen LogP contribution in [0.1, 0.15) is 0 Å². The molecule has 19 heavy (non-hydrogen) atoms. The summed E-state index contributed by atoms with van der Waals surface area (Å²) in [5, 5.41) is 16.5. The first-order chi connectivity index (χ1) is 9.06. The summed E-state index contributed by atoms with van der Waals surface area (Å²) < 4.78 is 28.3. The fourth-order valence-corrected chi connectivity index (χ4v) is 2.17. The summed E-state index contributed by atoms with van der Waals surface area (Å²) in [6.07, 6.45) is 2.59. The van der Waals surface area contributed by atoms with E-state index in [2.05, 4.69) is 26.3 Å². The Balaban J connectivity index is 1.95. The Bertz CT molecular complexity index is 525. The van der Waals surface area contributed by atoms with E-state index >= 15 is 0 Å². The van der Waals surface area contributed by atoms with Crippen molar-refractivity contribution in [2.45, 2.75) is 12.6 Å². The highest BCUT2D eigenvalue weighted by atomic mass is 79.9. The summed E-state index contributed by atoms with van der Waals surface area (Å²) in [4.78, 5) is 0. The van der Waals surface area contributed by atoms with E-state index in [0.29, 0.717) is 6.54 Å². The third kappa shape index (κ3) is 3.74. The maximum absolute atomic E-state index is 13.5. The van der Waals surface area contributed by atoms with Crippen LogP contribution in [0, 0.1) is 11.6 Å². The fourth-order valence-electron chi connectivity index (χ4n) is 1.62. The van der Waals surface area contributed by atoms with Crippen LogP contribution in [-0.2, 0) is 6.54 Å². The maximum atomic E-state index is 13.5. The van der Waals surface area contributed by atoms with E-state index < -0.39 is 17.7 Å². The summed E-state index contributed by atoms with van der Waals surface area (Å²) in [7, 11) is 0. The van der Waals surface area contributed by atoms with Crippen molar-refractivity contribution in [3.8, 4) is 0 Å². The SMILES string of the molecule is OC(CNc1c(F)cc(F)cc1Br)Cn1cccn1. The highest BCUT2D eigenvalue weighted by Crippen LogP contribution is 2.26. The molecular formula is C12H12BrF2N3O. The third-order valence-corrected chi connectivity index (χ3v) is 3.10. The van der Waals surface area contributed by atoms with Crippen LogP contribution in [0.2, 0.25) is 0 Å². The molecule has 0 spiro atoms. The van der Waals surface area contributed by atoms with Gasteiger partial charge in [0.15, 0.2) is 0 Å². The second-order valence-electron chi connectivity index (χ2n) is 4.01. The van der Waals surface area contributed by atoms with Gasteiger partial charge >= 0.3 is 0 Å². The van der Waals surface area contributed by atoms with Crippen LogP contribution >= 0.6 is 15.9 Å². The Kier molecular flexibility index (Phi) is 4.49. The number of aliphatic hydroxyl groups is 1. The summed E-state index contributed by atoms with van der Waals surface area (Å²) in [5.74, 6) is -1.37. The van der Waals surface area contributed by atoms with Crippen LogP contribution in [0.4, 0.5) is 14.5 Å². The number of aromatic nitrogens is 2. The van der Waals surface area contributed by atoms with Gasteiger partial charge in [-0.25, -0.2) is 8.78 Å². The molecule has 2 N–H and O–H groups in total. The van der Waals surface area contributed by atoms with Crippen LogP contribution in [0.25, 0.3) is 0 Å². The van der Waals surface area contributed by atoms with E-state index in [1.807, 2.05) is 0 Å². The van der Waals surface area contributed by atoms with Gasteiger partial charge < -0.3 is 10.4 Å². The first kappa shape index (κ1) is 14.0. The maximum Gasteiger partial charge on any atom is 0.150 e. The average Bonchev–Trinajstić information content (AvgIpc) is 2.80. The lowest BCUT2D eigenvalue weighted by molar-refractivity contribution is 0.161. The number of nitrogens with zero attached hydrogens (tertiary/aromatic N) is 2. The molecule has 0 bridgehead atoms. The van der Waals surface area contributed by atoms with Gasteiger partial charge in [0, 0.05) is 29.5 Å². The van der Waals surface area contributed by atoms with E-state index in [1.165, 1.54) is 0 Å². The summed E-state index contributed by atoms with van der Waals surface area (Å²) in [6, 6.07) is 3.69. The standard InChI is InChI=1S/C12H12BrF2N3O/c13-10-4-8(14)5-11(15)12(10)16-6-9(19)7-18-3-1-2-17-18/h1-5,9,16,19H,6-7H2. The predicted molar refractivity (Wildman–Crippen MR) is 70.8 cm³/mol. The molecule has 0 amide bonds. The van der Waals surface area contributed by atoms with Crippen molar-refractivity contribution in [2.24, 2.45) is 0 Å². The summed E-state index contributed by atoms with van der Waals surface area (Å²) in [5.41, 5.74) is 0.126. The highest BCUT2D eigenvalue weighted by molar-refractivity contribution is 9.10. The molecule has 1 heterocycles. The highest BCUT2D eigenvalue weighted by Gasteiger charge is 2.11. The van der Waals surface area contributed by atoms with Crippen molar-refractivity contribution in [1.29, 1.82) is 0 Å². The lowest BCUT2D eigenvalue weighted by atomic mass is 10.2. The second-order valence-corrected chi connectivity index (χ2v) is 4.86. The van der Waals surface area contributed by atoms with Gasteiger partial charge in [-0.05, 0) is 28.1 Å². The second kappa shape index (κ2) is 6.12. The molecule has 0 fully saturated rings. The molecule has 0 saturated carbocycles. The largest absolute Gasteiger partial charge is 0.389 e. The van der Waals surface area contributed by atoms with Crippen molar-refractivity contribution < 1.29 is 13.9 Å². The Morgan fingerprint density at radius 3 is 2.84 bits per heavy atom. The van der Waals surface area contributed by atoms with Crippen molar-refractivity contribution >= 4 is 21.6 Å². The zero-order valence-corrected chi connectivity index (χ0v) is 11.4. The van der Waals surface area contributed by atoms with E-state index in [4.69, 9.17) is 0 Å². The van der Waals surface area contributed by atoms with E-state index in [0.717, 1.165) is 12.1 Å². The minimum Gasteiger partial charge on any atom is -0.389 e. The molecule has 1 unspecified atom stereocenters. The van der Waals surface area contributed by atoms with E-state index in [-0.39, 0.29) is 16.7 Å². The van der Waals surface area contributed by atoms with Gasteiger partial charge in [-0.1, -0.05) is 0 Å². The van der Waals surface area contributed by atoms with Crippen LogP contribution in [0.15, 0.2) is 35.1 Å². The Hall–Kier alpha value is -1.47. The van der Waals surface area contributed by atoms with Gasteiger partial charge in [0.2, 0.25) is 0 Å². The number of hydrogen-bond donors (Lipinski definition) is 2. The van der Waals surface area contributed by atoms with Crippen LogP contribution in [-0.4, -0.2) is 27.5 Å². The molecule has 2 aromatic rings. The monoisotopic (exact) mass is 331 g/mol. The van der Waals surface area contributed by atoms with Crippen molar-refractivity contribution in [2.75, 3.05) is 11.9 Å². The molecule has 2 rings (SSSR count). The number of benzene rings is 1. The van der Waals surface area contributed by atoms with Crippen LogP contribution in [0.5, 0.6) is 0 Å². The third-order valence-electron chi connectivity index (χ3n) is 2.48. The Morgan fingerprint density at radius 1 is 1.42 bits per heavy atom. The van der Waals surface area contributed by atoms with E-state index in [9.17, 15) is 13.9 Å². The minimum absolute atomic E-state index is 0.126. The molecule has 0 aliphatic carbocycles. The number of aliphatic hydroxyl groups excluding tert-OH is 1. The normalized spacial score (nSPS) is 12.4.